The lowest BCUT2D eigenvalue weighted by molar-refractivity contribution is -0.152. The predicted molar refractivity (Wildman–Crippen MR) is 96.2 cm³/mol. The van der Waals surface area contributed by atoms with Crippen molar-refractivity contribution in [2.24, 2.45) is 17.3 Å². The van der Waals surface area contributed by atoms with E-state index in [1.807, 2.05) is 44.2 Å². The number of carbonyl (C=O) groups is 1. The summed E-state index contributed by atoms with van der Waals surface area (Å²) in [7, 11) is 1.31. The molecule has 3 nitrogen and oxygen atoms in total. The van der Waals surface area contributed by atoms with Gasteiger partial charge < -0.3 is 4.74 Å². The summed E-state index contributed by atoms with van der Waals surface area (Å²) >= 11 is 13.1. The summed E-state index contributed by atoms with van der Waals surface area (Å²) in [5.74, 6) is -1.18. The van der Waals surface area contributed by atoms with Gasteiger partial charge in [0.25, 0.3) is 0 Å². The summed E-state index contributed by atoms with van der Waals surface area (Å²) in [5.41, 5.74) is 0.227. The van der Waals surface area contributed by atoms with Crippen LogP contribution >= 0.6 is 23.2 Å². The molecule has 2 rings (SSSR count). The summed E-state index contributed by atoms with van der Waals surface area (Å²) in [6, 6.07) is 11.6. The van der Waals surface area contributed by atoms with Crippen molar-refractivity contribution in [2.75, 3.05) is 7.11 Å². The normalized spacial score (nSPS) is 23.7. The Hall–Kier alpha value is -1.76. The molecule has 2 unspecified atom stereocenters. The summed E-state index contributed by atoms with van der Waals surface area (Å²) in [6.45, 7) is 3.95. The number of halogens is 2. The summed E-state index contributed by atoms with van der Waals surface area (Å²) in [5, 5.41) is 10.4. The van der Waals surface area contributed by atoms with Gasteiger partial charge in [0, 0.05) is 15.6 Å². The van der Waals surface area contributed by atoms with E-state index in [1.165, 1.54) is 7.11 Å². The Kier molecular flexibility index (Phi) is 5.74. The maximum atomic E-state index is 12.6. The lowest BCUT2D eigenvalue weighted by atomic mass is 9.67. The Morgan fingerprint density at radius 1 is 1.33 bits per heavy atom. The molecule has 0 N–H and O–H groups in total. The van der Waals surface area contributed by atoms with Gasteiger partial charge in [-0.05, 0) is 24.0 Å². The van der Waals surface area contributed by atoms with E-state index >= 15 is 0 Å². The second kappa shape index (κ2) is 7.42. The fourth-order valence-corrected chi connectivity index (χ4v) is 4.13. The van der Waals surface area contributed by atoms with Gasteiger partial charge in [-0.25, -0.2) is 0 Å². The van der Waals surface area contributed by atoms with E-state index in [2.05, 4.69) is 6.07 Å². The molecule has 0 saturated heterocycles. The average Bonchev–Trinajstić information content (AvgIpc) is 2.54. The fraction of sp³-hybridized carbons (Fsp3) is 0.368. The SMILES string of the molecule is COC(=O)C1(CC(C)C)C=C(Cl)C(c2ccccc2)=C(Cl)C1C#N. The third-order valence-corrected chi connectivity index (χ3v) is 4.84. The number of allylic oxidation sites excluding steroid dienone is 3. The maximum absolute atomic E-state index is 12.6. The minimum Gasteiger partial charge on any atom is -0.468 e. The van der Waals surface area contributed by atoms with Crippen molar-refractivity contribution in [1.82, 2.24) is 0 Å². The van der Waals surface area contributed by atoms with Crippen LogP contribution in [0.4, 0.5) is 0 Å². The number of ether oxygens (including phenoxy) is 1. The highest BCUT2D eigenvalue weighted by Gasteiger charge is 2.50. The molecule has 1 aliphatic carbocycles. The van der Waals surface area contributed by atoms with Gasteiger partial charge >= 0.3 is 5.97 Å². The van der Waals surface area contributed by atoms with E-state index in [0.717, 1.165) is 5.56 Å². The maximum Gasteiger partial charge on any atom is 0.317 e. The number of methoxy groups -OCH3 is 1. The van der Waals surface area contributed by atoms with Crippen LogP contribution in [0.15, 0.2) is 46.5 Å². The number of hydrogen-bond acceptors (Lipinski definition) is 3. The number of benzene rings is 1. The molecule has 2 atom stereocenters. The first-order valence-electron chi connectivity index (χ1n) is 7.69. The van der Waals surface area contributed by atoms with Crippen molar-refractivity contribution in [3.8, 4) is 6.07 Å². The molecule has 0 amide bonds. The van der Waals surface area contributed by atoms with E-state index in [0.29, 0.717) is 17.0 Å². The first-order valence-corrected chi connectivity index (χ1v) is 8.44. The van der Waals surface area contributed by atoms with Crippen LogP contribution in [0.3, 0.4) is 0 Å². The molecule has 126 valence electrons. The molecule has 0 saturated carbocycles. The molecule has 1 aliphatic rings. The van der Waals surface area contributed by atoms with Gasteiger partial charge in [-0.1, -0.05) is 67.4 Å². The molecular formula is C19H19Cl2NO2. The van der Waals surface area contributed by atoms with Crippen LogP contribution in [0, 0.1) is 28.6 Å². The highest BCUT2D eigenvalue weighted by Crippen LogP contribution is 2.51. The minimum absolute atomic E-state index is 0.156. The summed E-state index contributed by atoms with van der Waals surface area (Å²) in [6.07, 6.45) is 2.06. The number of hydrogen-bond donors (Lipinski definition) is 0. The van der Waals surface area contributed by atoms with Crippen molar-refractivity contribution < 1.29 is 9.53 Å². The lowest BCUT2D eigenvalue weighted by Gasteiger charge is -2.37. The summed E-state index contributed by atoms with van der Waals surface area (Å²) in [4.78, 5) is 12.6. The molecule has 0 bridgehead atoms. The van der Waals surface area contributed by atoms with Crippen molar-refractivity contribution in [1.29, 1.82) is 5.26 Å². The first-order chi connectivity index (χ1) is 11.4. The third-order valence-electron chi connectivity index (χ3n) is 4.13. The number of nitrogens with zero attached hydrogens (tertiary/aromatic N) is 1. The van der Waals surface area contributed by atoms with Crippen molar-refractivity contribution in [2.45, 2.75) is 20.3 Å². The molecular weight excluding hydrogens is 345 g/mol. The zero-order valence-corrected chi connectivity index (χ0v) is 15.4. The van der Waals surface area contributed by atoms with Gasteiger partial charge in [-0.3, -0.25) is 4.79 Å². The van der Waals surface area contributed by atoms with Crippen LogP contribution in [0.1, 0.15) is 25.8 Å². The second-order valence-corrected chi connectivity index (χ2v) is 7.09. The highest BCUT2D eigenvalue weighted by molar-refractivity contribution is 6.43. The Morgan fingerprint density at radius 3 is 2.46 bits per heavy atom. The van der Waals surface area contributed by atoms with E-state index in [4.69, 9.17) is 27.9 Å². The van der Waals surface area contributed by atoms with Crippen molar-refractivity contribution in [3.05, 3.63) is 52.0 Å². The Bertz CT molecular complexity index is 731. The van der Waals surface area contributed by atoms with Gasteiger partial charge in [0.2, 0.25) is 0 Å². The smallest absolute Gasteiger partial charge is 0.317 e. The first kappa shape index (κ1) is 18.6. The monoisotopic (exact) mass is 363 g/mol. The molecule has 0 radical (unpaired) electrons. The summed E-state index contributed by atoms with van der Waals surface area (Å²) < 4.78 is 4.99. The molecule has 1 aromatic carbocycles. The third kappa shape index (κ3) is 3.22. The van der Waals surface area contributed by atoms with Crippen LogP contribution in [0.2, 0.25) is 0 Å². The van der Waals surface area contributed by atoms with Gasteiger partial charge in [-0.15, -0.1) is 0 Å². The van der Waals surface area contributed by atoms with Crippen LogP contribution in [-0.4, -0.2) is 13.1 Å². The van der Waals surface area contributed by atoms with Crippen LogP contribution in [0.25, 0.3) is 5.57 Å². The molecule has 24 heavy (non-hydrogen) atoms. The van der Waals surface area contributed by atoms with Crippen LogP contribution in [0.5, 0.6) is 0 Å². The Balaban J connectivity index is 2.67. The largest absolute Gasteiger partial charge is 0.468 e. The van der Waals surface area contributed by atoms with Gasteiger partial charge in [0.15, 0.2) is 0 Å². The molecule has 0 aromatic heterocycles. The molecule has 0 heterocycles. The van der Waals surface area contributed by atoms with Gasteiger partial charge in [-0.2, -0.15) is 5.26 Å². The molecule has 0 fully saturated rings. The van der Waals surface area contributed by atoms with E-state index in [-0.39, 0.29) is 11.0 Å². The predicted octanol–water partition coefficient (Wildman–Crippen LogP) is 5.12. The minimum atomic E-state index is -1.18. The highest BCUT2D eigenvalue weighted by atomic mass is 35.5. The van der Waals surface area contributed by atoms with Crippen LogP contribution in [-0.2, 0) is 9.53 Å². The fourth-order valence-electron chi connectivity index (χ4n) is 3.22. The van der Waals surface area contributed by atoms with Crippen molar-refractivity contribution >= 4 is 34.7 Å². The van der Waals surface area contributed by atoms with E-state index in [1.54, 1.807) is 6.08 Å². The second-order valence-electron chi connectivity index (χ2n) is 6.27. The van der Waals surface area contributed by atoms with Gasteiger partial charge in [0.1, 0.15) is 11.3 Å². The number of esters is 1. The molecule has 0 spiro atoms. The quantitative estimate of drug-likeness (QED) is 0.697. The molecule has 1 aromatic rings. The van der Waals surface area contributed by atoms with Gasteiger partial charge in [0.05, 0.1) is 13.2 Å². The number of rotatable bonds is 4. The zero-order chi connectivity index (χ0) is 17.9. The topological polar surface area (TPSA) is 50.1 Å². The van der Waals surface area contributed by atoms with Crippen LogP contribution < -0.4 is 0 Å². The lowest BCUT2D eigenvalue weighted by Crippen LogP contribution is -2.41. The number of nitriles is 1. The van der Waals surface area contributed by atoms with E-state index < -0.39 is 17.3 Å². The number of carbonyl (C=O) groups excluding carboxylic acids is 1. The standard InChI is InChI=1S/C19H19Cl2NO2/c1-12(2)9-19(18(23)24-3)10-15(20)16(17(21)14(19)11-22)13-7-5-4-6-8-13/h4-8,10,12,14H,9H2,1-3H3. The Labute approximate surface area is 152 Å². The average molecular weight is 364 g/mol. The zero-order valence-electron chi connectivity index (χ0n) is 13.8. The Morgan fingerprint density at radius 2 is 1.96 bits per heavy atom. The van der Waals surface area contributed by atoms with Crippen molar-refractivity contribution in [3.63, 3.8) is 0 Å². The van der Waals surface area contributed by atoms with E-state index in [9.17, 15) is 10.1 Å². The molecule has 5 heteroatoms. The molecule has 0 aliphatic heterocycles.